The Kier molecular flexibility index (Phi) is 6.25. The molecule has 3 aromatic rings. The molecule has 0 aliphatic carbocycles. The van der Waals surface area contributed by atoms with E-state index in [1.165, 1.54) is 11.3 Å². The largest absolute Gasteiger partial charge is 0.478 e. The molecule has 8 heteroatoms. The molecule has 0 radical (unpaired) electrons. The molecule has 0 spiro atoms. The van der Waals surface area contributed by atoms with Gasteiger partial charge >= 0.3 is 5.97 Å². The summed E-state index contributed by atoms with van der Waals surface area (Å²) in [5.74, 6) is -1.07. The summed E-state index contributed by atoms with van der Waals surface area (Å²) >= 11 is 7.33. The molecule has 2 aromatic carbocycles. The van der Waals surface area contributed by atoms with E-state index in [-0.39, 0.29) is 17.5 Å². The number of benzene rings is 2. The number of hydrogen-bond donors (Lipinski definition) is 2. The third-order valence-corrected chi connectivity index (χ3v) is 6.77. The van der Waals surface area contributed by atoms with Crippen molar-refractivity contribution in [3.8, 4) is 10.6 Å². The van der Waals surface area contributed by atoms with Crippen LogP contribution in [0.4, 0.5) is 5.69 Å². The van der Waals surface area contributed by atoms with Crippen LogP contribution in [0.15, 0.2) is 48.5 Å². The Morgan fingerprint density at radius 2 is 2.00 bits per heavy atom. The van der Waals surface area contributed by atoms with E-state index >= 15 is 0 Å². The molecule has 1 amide bonds. The maximum atomic E-state index is 13.0. The number of nitrogens with one attached hydrogen (secondary N) is 1. The topological polar surface area (TPSA) is 82.5 Å². The van der Waals surface area contributed by atoms with Crippen LogP contribution < -0.4 is 10.2 Å². The van der Waals surface area contributed by atoms with Crippen molar-refractivity contribution in [2.45, 2.75) is 25.8 Å². The molecule has 1 aliphatic rings. The number of hydrogen-bond acceptors (Lipinski definition) is 5. The van der Waals surface area contributed by atoms with Gasteiger partial charge in [-0.1, -0.05) is 29.8 Å². The lowest BCUT2D eigenvalue weighted by Crippen LogP contribution is -2.47. The number of amides is 1. The maximum absolute atomic E-state index is 13.0. The number of carbonyl (C=O) groups excluding carboxylic acids is 1. The number of aryl methyl sites for hydroxylation is 1. The van der Waals surface area contributed by atoms with Crippen LogP contribution in [0.5, 0.6) is 0 Å². The normalized spacial score (nSPS) is 16.2. The number of thiazole rings is 1. The maximum Gasteiger partial charge on any atom is 0.335 e. The molecule has 1 fully saturated rings. The van der Waals surface area contributed by atoms with Crippen molar-refractivity contribution < 1.29 is 14.7 Å². The van der Waals surface area contributed by atoms with Crippen molar-refractivity contribution in [3.05, 3.63) is 69.7 Å². The highest BCUT2D eigenvalue weighted by molar-refractivity contribution is 7.17. The molecular weight excluding hydrogens is 434 g/mol. The predicted octanol–water partition coefficient (Wildman–Crippen LogP) is 4.87. The number of carboxylic acids is 1. The lowest BCUT2D eigenvalue weighted by molar-refractivity contribution is 0.0696. The second kappa shape index (κ2) is 9.08. The van der Waals surface area contributed by atoms with Crippen molar-refractivity contribution in [1.82, 2.24) is 10.3 Å². The van der Waals surface area contributed by atoms with Crippen molar-refractivity contribution in [2.75, 3.05) is 18.0 Å². The first-order valence-corrected chi connectivity index (χ1v) is 11.2. The fraction of sp³-hybridized carbons (Fsp3) is 0.261. The summed E-state index contributed by atoms with van der Waals surface area (Å²) in [5.41, 5.74) is 2.75. The summed E-state index contributed by atoms with van der Waals surface area (Å²) in [4.78, 5) is 31.5. The molecule has 0 saturated carbocycles. The molecule has 4 rings (SSSR count). The summed E-state index contributed by atoms with van der Waals surface area (Å²) < 4.78 is 0. The number of carboxylic acid groups (broad SMARTS) is 1. The van der Waals surface area contributed by atoms with E-state index in [0.717, 1.165) is 35.6 Å². The average Bonchev–Trinajstić information content (AvgIpc) is 3.16. The van der Waals surface area contributed by atoms with E-state index in [1.807, 2.05) is 37.3 Å². The number of rotatable bonds is 5. The minimum Gasteiger partial charge on any atom is -0.478 e. The summed E-state index contributed by atoms with van der Waals surface area (Å²) in [6.07, 6.45) is 1.79. The van der Waals surface area contributed by atoms with E-state index in [4.69, 9.17) is 11.6 Å². The molecule has 0 unspecified atom stereocenters. The number of anilines is 1. The van der Waals surface area contributed by atoms with Gasteiger partial charge in [0.25, 0.3) is 5.91 Å². The number of piperidine rings is 1. The summed E-state index contributed by atoms with van der Waals surface area (Å²) in [5, 5.41) is 13.8. The third-order valence-electron chi connectivity index (χ3n) is 5.31. The van der Waals surface area contributed by atoms with Gasteiger partial charge in [-0.05, 0) is 50.1 Å². The zero-order valence-electron chi connectivity index (χ0n) is 17.0. The van der Waals surface area contributed by atoms with E-state index in [2.05, 4.69) is 15.2 Å². The van der Waals surface area contributed by atoms with Gasteiger partial charge < -0.3 is 15.3 Å². The Hall–Kier alpha value is -2.90. The van der Waals surface area contributed by atoms with Gasteiger partial charge in [-0.25, -0.2) is 9.78 Å². The predicted molar refractivity (Wildman–Crippen MR) is 123 cm³/mol. The third kappa shape index (κ3) is 4.89. The first kappa shape index (κ1) is 21.3. The lowest BCUT2D eigenvalue weighted by atomic mass is 10.0. The van der Waals surface area contributed by atoms with E-state index < -0.39 is 5.97 Å². The Morgan fingerprint density at radius 3 is 2.74 bits per heavy atom. The number of carbonyl (C=O) groups is 2. The average molecular weight is 456 g/mol. The fourth-order valence-electron chi connectivity index (χ4n) is 3.74. The van der Waals surface area contributed by atoms with Crippen LogP contribution in [-0.2, 0) is 0 Å². The van der Waals surface area contributed by atoms with Crippen LogP contribution >= 0.6 is 22.9 Å². The number of halogens is 1. The summed E-state index contributed by atoms with van der Waals surface area (Å²) in [6.45, 7) is 3.31. The minimum atomic E-state index is -0.944. The molecule has 0 bridgehead atoms. The SMILES string of the molecule is Cc1nc(-c2ccc(Cl)cc2)sc1C(=O)N[C@@H]1CCCN(c2cccc(C(=O)O)c2)C1. The van der Waals surface area contributed by atoms with Crippen LogP contribution in [0, 0.1) is 6.92 Å². The minimum absolute atomic E-state index is 0.0183. The lowest BCUT2D eigenvalue weighted by Gasteiger charge is -2.34. The zero-order chi connectivity index (χ0) is 22.0. The van der Waals surface area contributed by atoms with Crippen LogP contribution in [0.25, 0.3) is 10.6 Å². The highest BCUT2D eigenvalue weighted by atomic mass is 35.5. The van der Waals surface area contributed by atoms with Gasteiger partial charge in [0.05, 0.1) is 11.3 Å². The second-order valence-corrected chi connectivity index (χ2v) is 8.99. The van der Waals surface area contributed by atoms with Gasteiger partial charge in [0.15, 0.2) is 0 Å². The Balaban J connectivity index is 1.45. The van der Waals surface area contributed by atoms with Crippen LogP contribution in [0.3, 0.4) is 0 Å². The number of aromatic carboxylic acids is 1. The number of aromatic nitrogens is 1. The molecule has 1 atom stereocenters. The summed E-state index contributed by atoms with van der Waals surface area (Å²) in [6, 6.07) is 14.3. The molecule has 2 heterocycles. The first-order chi connectivity index (χ1) is 14.9. The molecule has 1 aromatic heterocycles. The highest BCUT2D eigenvalue weighted by Crippen LogP contribution is 2.29. The van der Waals surface area contributed by atoms with E-state index in [1.54, 1.807) is 18.2 Å². The second-order valence-electron chi connectivity index (χ2n) is 7.55. The smallest absolute Gasteiger partial charge is 0.335 e. The van der Waals surface area contributed by atoms with Gasteiger partial charge in [0.2, 0.25) is 0 Å². The Bertz CT molecular complexity index is 1110. The molecule has 6 nitrogen and oxygen atoms in total. The van der Waals surface area contributed by atoms with Gasteiger partial charge in [0, 0.05) is 35.4 Å². The fourth-order valence-corrected chi connectivity index (χ4v) is 4.84. The van der Waals surface area contributed by atoms with E-state index in [9.17, 15) is 14.7 Å². The first-order valence-electron chi connectivity index (χ1n) is 10.0. The standard InChI is InChI=1S/C23H22ClN3O3S/c1-14-20(31-22(25-14)15-7-9-17(24)10-8-15)21(28)26-18-5-3-11-27(13-18)19-6-2-4-16(12-19)23(29)30/h2,4,6-10,12,18H,3,5,11,13H2,1H3,(H,26,28)(H,29,30)/t18-/m1/s1. The van der Waals surface area contributed by atoms with Crippen LogP contribution in [0.1, 0.15) is 38.6 Å². The van der Waals surface area contributed by atoms with Crippen molar-refractivity contribution >= 4 is 40.5 Å². The van der Waals surface area contributed by atoms with Gasteiger partial charge in [-0.15, -0.1) is 11.3 Å². The highest BCUT2D eigenvalue weighted by Gasteiger charge is 2.24. The van der Waals surface area contributed by atoms with Crippen molar-refractivity contribution in [2.24, 2.45) is 0 Å². The molecule has 31 heavy (non-hydrogen) atoms. The molecular formula is C23H22ClN3O3S. The van der Waals surface area contributed by atoms with Gasteiger partial charge in [-0.3, -0.25) is 4.79 Å². The molecule has 2 N–H and O–H groups in total. The van der Waals surface area contributed by atoms with Crippen molar-refractivity contribution in [3.63, 3.8) is 0 Å². The summed E-state index contributed by atoms with van der Waals surface area (Å²) in [7, 11) is 0. The zero-order valence-corrected chi connectivity index (χ0v) is 18.5. The monoisotopic (exact) mass is 455 g/mol. The van der Waals surface area contributed by atoms with E-state index in [0.29, 0.717) is 22.1 Å². The van der Waals surface area contributed by atoms with Gasteiger partial charge in [-0.2, -0.15) is 0 Å². The van der Waals surface area contributed by atoms with Crippen LogP contribution in [0.2, 0.25) is 5.02 Å². The Morgan fingerprint density at radius 1 is 1.23 bits per heavy atom. The Labute approximate surface area is 189 Å². The quantitative estimate of drug-likeness (QED) is 0.573. The molecule has 1 saturated heterocycles. The van der Waals surface area contributed by atoms with Gasteiger partial charge in [0.1, 0.15) is 9.88 Å². The number of nitrogens with zero attached hydrogens (tertiary/aromatic N) is 2. The molecule has 160 valence electrons. The van der Waals surface area contributed by atoms with Crippen molar-refractivity contribution in [1.29, 1.82) is 0 Å². The molecule has 1 aliphatic heterocycles. The van der Waals surface area contributed by atoms with Crippen LogP contribution in [-0.4, -0.2) is 41.1 Å².